The SMILES string of the molecule is CC(C)(C)[C@H](NC(=O)NC1(Cc2ccccc2)CCCCC1)C(=O)N1C[C@H]2[C@@H]([C@H]1C(=O)NC(CC1CC1)C(=O)C(N)=O)C21CCCC1. The molecule has 4 saturated carbocycles. The van der Waals surface area contributed by atoms with E-state index in [1.54, 1.807) is 4.90 Å². The van der Waals surface area contributed by atoms with Gasteiger partial charge in [-0.15, -0.1) is 0 Å². The van der Waals surface area contributed by atoms with Gasteiger partial charge in [0.05, 0.1) is 6.04 Å². The lowest BCUT2D eigenvalue weighted by molar-refractivity contribution is -0.145. The van der Waals surface area contributed by atoms with Crippen molar-refractivity contribution in [2.75, 3.05) is 6.54 Å². The molecule has 1 saturated heterocycles. The number of urea groups is 1. The number of ketones is 1. The Balaban J connectivity index is 1.21. The molecule has 6 rings (SSSR count). The highest BCUT2D eigenvalue weighted by Gasteiger charge is 2.74. The van der Waals surface area contributed by atoms with Crippen molar-refractivity contribution in [1.82, 2.24) is 20.9 Å². The van der Waals surface area contributed by atoms with E-state index in [9.17, 15) is 24.0 Å². The zero-order valence-corrected chi connectivity index (χ0v) is 28.3. The first-order valence-corrected chi connectivity index (χ1v) is 17.9. The minimum absolute atomic E-state index is 0.00466. The summed E-state index contributed by atoms with van der Waals surface area (Å²) in [7, 11) is 0. The molecule has 5 atom stereocenters. The fourth-order valence-electron chi connectivity index (χ4n) is 9.36. The van der Waals surface area contributed by atoms with E-state index in [1.807, 2.05) is 39.0 Å². The first-order valence-electron chi connectivity index (χ1n) is 17.9. The summed E-state index contributed by atoms with van der Waals surface area (Å²) in [6.45, 7) is 6.24. The van der Waals surface area contributed by atoms with Gasteiger partial charge in [-0.25, -0.2) is 4.79 Å². The van der Waals surface area contributed by atoms with E-state index in [4.69, 9.17) is 5.73 Å². The molecule has 5 aliphatic rings. The maximum Gasteiger partial charge on any atom is 0.315 e. The molecule has 0 bridgehead atoms. The number of hydrogen-bond acceptors (Lipinski definition) is 5. The minimum Gasteiger partial charge on any atom is -0.363 e. The standard InChI is InChI=1S/C37H53N5O5/c1-35(2,3)30(40-34(47)41-36(16-8-5-9-17-36)21-24-12-6-4-7-13-24)33(46)42-22-25-27(37(25)18-10-11-19-37)28(42)32(45)39-26(20-23-14-15-23)29(43)31(38)44/h4,6-7,12-13,23,25-28,30H,5,8-11,14-22H2,1-3H3,(H2,38,44)(H,39,45)(H2,40,41,47)/t25-,26?,27-,28-,30+/m0/s1. The Kier molecular flexibility index (Phi) is 9.17. The first kappa shape index (κ1) is 33.5. The minimum atomic E-state index is -1.06. The number of carbonyl (C=O) groups is 5. The van der Waals surface area contributed by atoms with Crippen LogP contribution in [0.2, 0.25) is 0 Å². The Morgan fingerprint density at radius 2 is 1.55 bits per heavy atom. The second-order valence-corrected chi connectivity index (χ2v) is 16.4. The van der Waals surface area contributed by atoms with Gasteiger partial charge in [-0.3, -0.25) is 19.2 Å². The number of benzene rings is 1. The van der Waals surface area contributed by atoms with Gasteiger partial charge in [-0.05, 0) is 72.7 Å². The molecule has 5 N–H and O–H groups in total. The summed E-state index contributed by atoms with van der Waals surface area (Å²) in [5.41, 5.74) is 5.55. The molecule has 5 amide bonds. The fourth-order valence-corrected chi connectivity index (χ4v) is 9.36. The predicted molar refractivity (Wildman–Crippen MR) is 178 cm³/mol. The van der Waals surface area contributed by atoms with Crippen LogP contribution in [0.3, 0.4) is 0 Å². The summed E-state index contributed by atoms with van der Waals surface area (Å²) in [5.74, 6) is -2.03. The van der Waals surface area contributed by atoms with E-state index in [-0.39, 0.29) is 35.1 Å². The summed E-state index contributed by atoms with van der Waals surface area (Å²) in [4.78, 5) is 68.8. The van der Waals surface area contributed by atoms with E-state index in [2.05, 4.69) is 28.1 Å². The molecule has 10 nitrogen and oxygen atoms in total. The lowest BCUT2D eigenvalue weighted by Crippen LogP contribution is -2.63. The second kappa shape index (κ2) is 12.9. The number of likely N-dealkylation sites (tertiary alicyclic amines) is 1. The Labute approximate surface area is 278 Å². The van der Waals surface area contributed by atoms with Crippen molar-refractivity contribution in [3.63, 3.8) is 0 Å². The highest BCUT2D eigenvalue weighted by molar-refractivity contribution is 6.37. The van der Waals surface area contributed by atoms with Gasteiger partial charge in [0, 0.05) is 12.1 Å². The molecular weight excluding hydrogens is 594 g/mol. The van der Waals surface area contributed by atoms with Crippen LogP contribution in [0.25, 0.3) is 0 Å². The van der Waals surface area contributed by atoms with Crippen molar-refractivity contribution >= 4 is 29.5 Å². The smallest absolute Gasteiger partial charge is 0.315 e. The largest absolute Gasteiger partial charge is 0.363 e. The van der Waals surface area contributed by atoms with Crippen molar-refractivity contribution in [2.45, 2.75) is 128 Å². The Hall–Kier alpha value is -3.43. The average Bonchev–Trinajstić information content (AvgIpc) is 3.80. The number of rotatable bonds is 11. The van der Waals surface area contributed by atoms with Gasteiger partial charge in [-0.1, -0.05) is 96.0 Å². The van der Waals surface area contributed by atoms with Gasteiger partial charge >= 0.3 is 6.03 Å². The maximum atomic E-state index is 14.6. The quantitative estimate of drug-likeness (QED) is 0.268. The van der Waals surface area contributed by atoms with Crippen molar-refractivity contribution < 1.29 is 24.0 Å². The molecule has 1 aromatic carbocycles. The number of primary amides is 1. The van der Waals surface area contributed by atoms with E-state index in [0.717, 1.165) is 77.0 Å². The van der Waals surface area contributed by atoms with Gasteiger partial charge in [0.1, 0.15) is 12.1 Å². The fraction of sp³-hybridized carbons (Fsp3) is 0.703. The van der Waals surface area contributed by atoms with Crippen LogP contribution in [0.1, 0.15) is 103 Å². The lowest BCUT2D eigenvalue weighted by Gasteiger charge is -2.41. The van der Waals surface area contributed by atoms with Crippen molar-refractivity contribution in [1.29, 1.82) is 0 Å². The second-order valence-electron chi connectivity index (χ2n) is 16.4. The number of amides is 5. The van der Waals surface area contributed by atoms with E-state index < -0.39 is 46.7 Å². The van der Waals surface area contributed by atoms with Crippen LogP contribution in [0.5, 0.6) is 0 Å². The summed E-state index contributed by atoms with van der Waals surface area (Å²) in [6, 6.07) is 7.21. The molecule has 0 aromatic heterocycles. The summed E-state index contributed by atoms with van der Waals surface area (Å²) in [5, 5.41) is 9.25. The molecule has 47 heavy (non-hydrogen) atoms. The van der Waals surface area contributed by atoms with Crippen LogP contribution in [0, 0.1) is 28.6 Å². The molecule has 1 unspecified atom stereocenters. The van der Waals surface area contributed by atoms with Crippen molar-refractivity contribution in [2.24, 2.45) is 34.3 Å². The third kappa shape index (κ3) is 6.93. The van der Waals surface area contributed by atoms with Crippen LogP contribution in [-0.4, -0.2) is 64.6 Å². The number of nitrogens with two attached hydrogens (primary N) is 1. The molecule has 1 spiro atoms. The molecule has 1 aromatic rings. The molecule has 256 valence electrons. The van der Waals surface area contributed by atoms with E-state index >= 15 is 0 Å². The van der Waals surface area contributed by atoms with Gasteiger partial charge < -0.3 is 26.6 Å². The zero-order valence-electron chi connectivity index (χ0n) is 28.3. The van der Waals surface area contributed by atoms with Crippen LogP contribution >= 0.6 is 0 Å². The summed E-state index contributed by atoms with van der Waals surface area (Å²) < 4.78 is 0. The number of nitrogens with one attached hydrogen (secondary N) is 3. The topological polar surface area (TPSA) is 151 Å². The molecular formula is C37H53N5O5. The molecule has 10 heteroatoms. The van der Waals surface area contributed by atoms with Crippen LogP contribution < -0.4 is 21.7 Å². The molecule has 0 radical (unpaired) electrons. The molecule has 5 fully saturated rings. The number of fused-ring (bicyclic) bond motifs is 3. The monoisotopic (exact) mass is 647 g/mol. The average molecular weight is 648 g/mol. The number of piperidine rings is 1. The highest BCUT2D eigenvalue weighted by Crippen LogP contribution is 2.72. The third-order valence-corrected chi connectivity index (χ3v) is 12.0. The van der Waals surface area contributed by atoms with Crippen molar-refractivity contribution in [3.05, 3.63) is 35.9 Å². The predicted octanol–water partition coefficient (Wildman–Crippen LogP) is 4.00. The number of hydrogen-bond donors (Lipinski definition) is 4. The van der Waals surface area contributed by atoms with Gasteiger partial charge in [-0.2, -0.15) is 0 Å². The van der Waals surface area contributed by atoms with Gasteiger partial charge in [0.2, 0.25) is 17.6 Å². The van der Waals surface area contributed by atoms with E-state index in [0.29, 0.717) is 13.0 Å². The summed E-state index contributed by atoms with van der Waals surface area (Å²) >= 11 is 0. The number of nitrogens with zero attached hydrogens (tertiary/aromatic N) is 1. The van der Waals surface area contributed by atoms with Crippen LogP contribution in [0.15, 0.2) is 30.3 Å². The van der Waals surface area contributed by atoms with E-state index in [1.165, 1.54) is 5.56 Å². The number of carbonyl (C=O) groups excluding carboxylic acids is 5. The highest BCUT2D eigenvalue weighted by atomic mass is 16.2. The molecule has 4 aliphatic carbocycles. The molecule has 1 aliphatic heterocycles. The third-order valence-electron chi connectivity index (χ3n) is 12.0. The van der Waals surface area contributed by atoms with Crippen molar-refractivity contribution in [3.8, 4) is 0 Å². The summed E-state index contributed by atoms with van der Waals surface area (Å²) in [6.07, 6.45) is 12.2. The van der Waals surface area contributed by atoms with Gasteiger partial charge in [0.15, 0.2) is 0 Å². The van der Waals surface area contributed by atoms with Crippen LogP contribution in [0.4, 0.5) is 4.79 Å². The van der Waals surface area contributed by atoms with Gasteiger partial charge in [0.25, 0.3) is 5.91 Å². The van der Waals surface area contributed by atoms with Crippen LogP contribution in [-0.2, 0) is 25.6 Å². The Bertz CT molecular complexity index is 1370. The lowest BCUT2D eigenvalue weighted by atomic mass is 9.77. The first-order chi connectivity index (χ1) is 22.3. The Morgan fingerprint density at radius 1 is 0.915 bits per heavy atom. The normalized spacial score (nSPS) is 27.0. The number of Topliss-reactive ketones (excluding diaryl/α,β-unsaturated/α-hetero) is 1. The molecule has 1 heterocycles. The Morgan fingerprint density at radius 3 is 2.15 bits per heavy atom. The zero-order chi connectivity index (χ0) is 33.6. The maximum absolute atomic E-state index is 14.6.